The Kier molecular flexibility index (Phi) is 6.39. The Bertz CT molecular complexity index is 950. The van der Waals surface area contributed by atoms with Crippen molar-refractivity contribution in [1.29, 1.82) is 0 Å². The number of benzene rings is 2. The fraction of sp³-hybridized carbons (Fsp3) is 0.364. The molecule has 1 saturated carbocycles. The average molecular weight is 524 g/mol. The van der Waals surface area contributed by atoms with Gasteiger partial charge in [-0.2, -0.15) is 5.10 Å². The van der Waals surface area contributed by atoms with E-state index >= 15 is 0 Å². The molecule has 0 bridgehead atoms. The first-order valence-corrected chi connectivity index (χ1v) is 10.9. The summed E-state index contributed by atoms with van der Waals surface area (Å²) in [4.78, 5) is 12.4. The topological polar surface area (TPSA) is 70.9 Å². The molecule has 1 fully saturated rings. The maximum Gasteiger partial charge on any atom is 0.243 e. The van der Waals surface area contributed by atoms with Crippen molar-refractivity contribution in [2.75, 3.05) is 7.11 Å². The predicted molar refractivity (Wildman–Crippen MR) is 122 cm³/mol. The van der Waals surface area contributed by atoms with Gasteiger partial charge in [-0.15, -0.1) is 0 Å². The highest BCUT2D eigenvalue weighted by Crippen LogP contribution is 2.47. The molecule has 0 radical (unpaired) electrons. The third-order valence-electron chi connectivity index (χ3n) is 5.11. The molecule has 0 spiro atoms. The Balaban J connectivity index is 1.64. The van der Waals surface area contributed by atoms with E-state index in [0.717, 1.165) is 6.42 Å². The zero-order chi connectivity index (χ0) is 21.3. The quantitative estimate of drug-likeness (QED) is 0.403. The Morgan fingerprint density at radius 3 is 2.52 bits per heavy atom. The molecule has 0 heterocycles. The number of rotatable bonds is 5. The first-order valence-electron chi connectivity index (χ1n) is 9.31. The molecular formula is C22H24Br2N2O3. The van der Waals surface area contributed by atoms with Crippen molar-refractivity contribution in [3.63, 3.8) is 0 Å². The second-order valence-electron chi connectivity index (χ2n) is 8.19. The summed E-state index contributed by atoms with van der Waals surface area (Å²) in [5.74, 6) is 0.286. The smallest absolute Gasteiger partial charge is 0.243 e. The van der Waals surface area contributed by atoms with Crippen molar-refractivity contribution in [3.05, 3.63) is 56.0 Å². The number of carbonyl (C=O) groups excluding carboxylic acids is 1. The van der Waals surface area contributed by atoms with Crippen molar-refractivity contribution >= 4 is 44.0 Å². The first kappa shape index (κ1) is 21.8. The number of ether oxygens (including phenoxy) is 1. The van der Waals surface area contributed by atoms with Gasteiger partial charge >= 0.3 is 0 Å². The van der Waals surface area contributed by atoms with Gasteiger partial charge in [-0.25, -0.2) is 5.43 Å². The van der Waals surface area contributed by atoms with E-state index in [1.807, 2.05) is 0 Å². The lowest BCUT2D eigenvalue weighted by atomic mass is 9.86. The first-order chi connectivity index (χ1) is 13.6. The van der Waals surface area contributed by atoms with Gasteiger partial charge in [0.2, 0.25) is 5.91 Å². The second kappa shape index (κ2) is 8.48. The van der Waals surface area contributed by atoms with E-state index in [4.69, 9.17) is 4.74 Å². The number of phenols is 1. The van der Waals surface area contributed by atoms with Crippen LogP contribution in [-0.2, 0) is 10.2 Å². The van der Waals surface area contributed by atoms with E-state index < -0.39 is 0 Å². The van der Waals surface area contributed by atoms with Gasteiger partial charge in [0, 0.05) is 14.9 Å². The average Bonchev–Trinajstić information content (AvgIpc) is 3.47. The van der Waals surface area contributed by atoms with E-state index in [1.165, 1.54) is 24.5 Å². The lowest BCUT2D eigenvalue weighted by Crippen LogP contribution is -2.20. The minimum absolute atomic E-state index is 0.0520. The van der Waals surface area contributed by atoms with Crippen LogP contribution in [0.2, 0.25) is 0 Å². The largest absolute Gasteiger partial charge is 0.504 e. The van der Waals surface area contributed by atoms with E-state index in [1.54, 1.807) is 6.07 Å². The van der Waals surface area contributed by atoms with Crippen molar-refractivity contribution in [2.24, 2.45) is 11.0 Å². The zero-order valence-electron chi connectivity index (χ0n) is 16.8. The molecule has 29 heavy (non-hydrogen) atoms. The normalized spacial score (nSPS) is 18.7. The summed E-state index contributed by atoms with van der Waals surface area (Å²) in [5.41, 5.74) is 5.57. The standard InChI is InChI=1S/C22H24Br2N2O3/c1-22(2,3)13-7-5-12(6-8-13)14-9-15(14)21(28)26-25-11-16-19(24)17(23)10-18(29-4)20(16)27/h5-8,10-11,14-15,27H,9H2,1-4H3,(H,26,28)/b25-11-/t14-,15+/m1/s1. The van der Waals surface area contributed by atoms with Crippen LogP contribution in [0.3, 0.4) is 0 Å². The maximum atomic E-state index is 12.4. The van der Waals surface area contributed by atoms with Gasteiger partial charge in [-0.3, -0.25) is 4.79 Å². The van der Waals surface area contributed by atoms with Gasteiger partial charge in [-0.1, -0.05) is 45.0 Å². The number of hydrazone groups is 1. The number of aromatic hydroxyl groups is 1. The van der Waals surface area contributed by atoms with Gasteiger partial charge in [0.1, 0.15) is 0 Å². The van der Waals surface area contributed by atoms with Crippen LogP contribution in [0, 0.1) is 5.92 Å². The molecule has 7 heteroatoms. The molecule has 5 nitrogen and oxygen atoms in total. The molecule has 0 aliphatic heterocycles. The molecular weight excluding hydrogens is 500 g/mol. The molecule has 2 aromatic rings. The highest BCUT2D eigenvalue weighted by atomic mass is 79.9. The zero-order valence-corrected chi connectivity index (χ0v) is 20.0. The number of hydrogen-bond acceptors (Lipinski definition) is 4. The summed E-state index contributed by atoms with van der Waals surface area (Å²) < 4.78 is 6.47. The number of methoxy groups -OCH3 is 1. The van der Waals surface area contributed by atoms with Gasteiger partial charge in [0.05, 0.1) is 18.9 Å². The summed E-state index contributed by atoms with van der Waals surface area (Å²) in [6, 6.07) is 10.2. The van der Waals surface area contributed by atoms with E-state index in [9.17, 15) is 9.90 Å². The molecule has 2 aromatic carbocycles. The SMILES string of the molecule is COc1cc(Br)c(Br)c(/C=N\NC(=O)[C@H]2C[C@@H]2c2ccc(C(C)(C)C)cc2)c1O. The van der Waals surface area contributed by atoms with Gasteiger partial charge in [0.15, 0.2) is 11.5 Å². The van der Waals surface area contributed by atoms with E-state index in [0.29, 0.717) is 20.3 Å². The Labute approximate surface area is 187 Å². The number of nitrogens with one attached hydrogen (secondary N) is 1. The summed E-state index contributed by atoms with van der Waals surface area (Å²) in [6.07, 6.45) is 2.22. The van der Waals surface area contributed by atoms with Crippen LogP contribution in [0.5, 0.6) is 11.5 Å². The molecule has 3 rings (SSSR count). The van der Waals surface area contributed by atoms with E-state index in [-0.39, 0.29) is 28.9 Å². The number of nitrogens with zero attached hydrogens (tertiary/aromatic N) is 1. The molecule has 154 valence electrons. The third kappa shape index (κ3) is 4.83. The monoisotopic (exact) mass is 522 g/mol. The summed E-state index contributed by atoms with van der Waals surface area (Å²) in [5, 5.41) is 14.3. The molecule has 1 amide bonds. The fourth-order valence-corrected chi connectivity index (χ4v) is 4.04. The van der Waals surface area contributed by atoms with Crippen molar-refractivity contribution in [3.8, 4) is 11.5 Å². The van der Waals surface area contributed by atoms with Crippen LogP contribution in [0.15, 0.2) is 44.4 Å². The van der Waals surface area contributed by atoms with Gasteiger partial charge < -0.3 is 9.84 Å². The molecule has 2 atom stereocenters. The number of amides is 1. The summed E-state index contributed by atoms with van der Waals surface area (Å²) in [6.45, 7) is 6.55. The predicted octanol–water partition coefficient (Wildman–Crippen LogP) is 5.48. The Morgan fingerprint density at radius 1 is 1.28 bits per heavy atom. The number of hydrogen-bond donors (Lipinski definition) is 2. The number of halogens is 2. The minimum atomic E-state index is -0.122. The van der Waals surface area contributed by atoms with Crippen molar-refractivity contribution in [1.82, 2.24) is 5.43 Å². The fourth-order valence-electron chi connectivity index (χ4n) is 3.21. The highest BCUT2D eigenvalue weighted by Gasteiger charge is 2.44. The number of carbonyl (C=O) groups is 1. The van der Waals surface area contributed by atoms with Crippen LogP contribution < -0.4 is 10.2 Å². The van der Waals surface area contributed by atoms with Crippen LogP contribution >= 0.6 is 31.9 Å². The van der Waals surface area contributed by atoms with Crippen molar-refractivity contribution < 1.29 is 14.6 Å². The highest BCUT2D eigenvalue weighted by molar-refractivity contribution is 9.13. The molecule has 0 aromatic heterocycles. The lowest BCUT2D eigenvalue weighted by molar-refractivity contribution is -0.122. The minimum Gasteiger partial charge on any atom is -0.504 e. The van der Waals surface area contributed by atoms with Crippen LogP contribution in [0.1, 0.15) is 49.8 Å². The van der Waals surface area contributed by atoms with Crippen LogP contribution in [0.4, 0.5) is 0 Å². The lowest BCUT2D eigenvalue weighted by Gasteiger charge is -2.19. The van der Waals surface area contributed by atoms with Gasteiger partial charge in [0.25, 0.3) is 0 Å². The van der Waals surface area contributed by atoms with E-state index in [2.05, 4.69) is 87.4 Å². The molecule has 2 N–H and O–H groups in total. The van der Waals surface area contributed by atoms with Crippen LogP contribution in [-0.4, -0.2) is 24.3 Å². The maximum absolute atomic E-state index is 12.4. The molecule has 1 aliphatic carbocycles. The second-order valence-corrected chi connectivity index (χ2v) is 9.84. The van der Waals surface area contributed by atoms with Gasteiger partial charge in [-0.05, 0) is 66.8 Å². The Hall–Kier alpha value is -1.86. The summed E-state index contributed by atoms with van der Waals surface area (Å²) >= 11 is 6.79. The summed E-state index contributed by atoms with van der Waals surface area (Å²) in [7, 11) is 1.47. The van der Waals surface area contributed by atoms with Crippen molar-refractivity contribution in [2.45, 2.75) is 38.5 Å². The molecule has 1 aliphatic rings. The molecule has 0 unspecified atom stereocenters. The number of phenolic OH excluding ortho intramolecular Hbond substituents is 1. The van der Waals surface area contributed by atoms with Crippen LogP contribution in [0.25, 0.3) is 0 Å². The molecule has 0 saturated heterocycles. The third-order valence-corrected chi connectivity index (χ3v) is 7.12. The Morgan fingerprint density at radius 2 is 1.93 bits per heavy atom.